The second-order valence-corrected chi connectivity index (χ2v) is 11.0. The highest BCUT2D eigenvalue weighted by Crippen LogP contribution is 2.27. The highest BCUT2D eigenvalue weighted by molar-refractivity contribution is 9.09. The van der Waals surface area contributed by atoms with Gasteiger partial charge in [0.1, 0.15) is 0 Å². The molecule has 2 aliphatic carbocycles. The Bertz CT molecular complexity index is 1120. The van der Waals surface area contributed by atoms with Gasteiger partial charge in [-0.3, -0.25) is 29.2 Å². The molecular formula is C31H39BrN2O6. The summed E-state index contributed by atoms with van der Waals surface area (Å²) in [5, 5.41) is 11.2. The molecule has 2 aromatic carbocycles. The van der Waals surface area contributed by atoms with Gasteiger partial charge < -0.3 is 0 Å². The molecule has 9 heteroatoms. The zero-order chi connectivity index (χ0) is 27.8. The van der Waals surface area contributed by atoms with Crippen LogP contribution in [0.4, 0.5) is 0 Å². The normalized spacial score (nSPS) is 18.8. The molecule has 1 N–H and O–H groups in total. The van der Waals surface area contributed by atoms with E-state index >= 15 is 0 Å². The Kier molecular flexibility index (Phi) is 12.0. The molecule has 2 aromatic rings. The first-order chi connectivity index (χ1) is 18.9. The fourth-order valence-corrected chi connectivity index (χ4v) is 5.98. The third-order valence-electron chi connectivity index (χ3n) is 7.64. The number of carbonyl (C=O) groups is 4. The summed E-state index contributed by atoms with van der Waals surface area (Å²) in [6.45, 7) is 0.464. The molecule has 0 bridgehead atoms. The van der Waals surface area contributed by atoms with Crippen LogP contribution in [0.2, 0.25) is 0 Å². The second-order valence-electron chi connectivity index (χ2n) is 10.4. The van der Waals surface area contributed by atoms with E-state index in [1.165, 1.54) is 68.8 Å². The zero-order valence-corrected chi connectivity index (χ0v) is 23.6. The predicted molar refractivity (Wildman–Crippen MR) is 155 cm³/mol. The standard InChI is InChI=1S/C15H17NO3.C8H5NO3.C7H13Br.CH4/c17-14-12-8-4-5-9-13(12)15(18)16(14)19-10-11-6-2-1-3-7-11;10-7-5-3-1-2-4-6(5)8(11)9(7)12;8-6-7-4-2-1-3-5-7;/h4-5,8-9,11H,1-3,6-7,10H2;1-4,12H;7H,1-6H2;1H4. The maximum Gasteiger partial charge on any atom is 0.285 e. The topological polar surface area (TPSA) is 104 Å². The molecule has 2 fully saturated rings. The van der Waals surface area contributed by atoms with Crippen LogP contribution in [0.25, 0.3) is 0 Å². The van der Waals surface area contributed by atoms with Crippen LogP contribution in [0.1, 0.15) is 113 Å². The molecule has 0 unspecified atom stereocenters. The molecule has 0 saturated heterocycles. The van der Waals surface area contributed by atoms with E-state index < -0.39 is 11.8 Å². The number of hydrogen-bond donors (Lipinski definition) is 1. The summed E-state index contributed by atoms with van der Waals surface area (Å²) in [7, 11) is 0. The summed E-state index contributed by atoms with van der Waals surface area (Å²) in [4.78, 5) is 51.7. The van der Waals surface area contributed by atoms with Crippen molar-refractivity contribution in [1.82, 2.24) is 10.1 Å². The minimum absolute atomic E-state index is 0. The highest BCUT2D eigenvalue weighted by atomic mass is 79.9. The quantitative estimate of drug-likeness (QED) is 0.224. The molecule has 40 heavy (non-hydrogen) atoms. The van der Waals surface area contributed by atoms with Crippen molar-refractivity contribution < 1.29 is 29.2 Å². The molecule has 2 saturated carbocycles. The van der Waals surface area contributed by atoms with Crippen LogP contribution in [0.5, 0.6) is 0 Å². The molecule has 0 atom stereocenters. The zero-order valence-electron chi connectivity index (χ0n) is 22.0. The van der Waals surface area contributed by atoms with Crippen LogP contribution in [0, 0.1) is 11.8 Å². The van der Waals surface area contributed by atoms with Gasteiger partial charge in [0.05, 0.1) is 28.9 Å². The molecule has 0 aromatic heterocycles. The van der Waals surface area contributed by atoms with Gasteiger partial charge in [0.25, 0.3) is 23.6 Å². The summed E-state index contributed by atoms with van der Waals surface area (Å²) in [6.07, 6.45) is 13.3. The number of benzene rings is 2. The predicted octanol–water partition coefficient (Wildman–Crippen LogP) is 7.06. The molecule has 8 nitrogen and oxygen atoms in total. The van der Waals surface area contributed by atoms with Crippen molar-refractivity contribution in [2.75, 3.05) is 11.9 Å². The van der Waals surface area contributed by atoms with Gasteiger partial charge in [-0.15, -0.1) is 10.1 Å². The van der Waals surface area contributed by atoms with Crippen molar-refractivity contribution >= 4 is 39.6 Å². The Morgan fingerprint density at radius 3 is 1.40 bits per heavy atom. The molecule has 0 spiro atoms. The van der Waals surface area contributed by atoms with Crippen molar-refractivity contribution in [3.63, 3.8) is 0 Å². The van der Waals surface area contributed by atoms with Gasteiger partial charge in [-0.05, 0) is 61.8 Å². The Morgan fingerprint density at radius 2 is 1.02 bits per heavy atom. The molecule has 4 aliphatic rings. The smallest absolute Gasteiger partial charge is 0.278 e. The molecule has 2 heterocycles. The fourth-order valence-electron chi connectivity index (χ4n) is 5.34. The second kappa shape index (κ2) is 15.2. The SMILES string of the molecule is BrCC1CCCCC1.C.O=C1c2ccccc2C(=O)N1O.O=C1c2ccccc2C(=O)N1OCC1CCCCC1. The van der Waals surface area contributed by atoms with Crippen molar-refractivity contribution in [2.24, 2.45) is 11.8 Å². The summed E-state index contributed by atoms with van der Waals surface area (Å²) in [5.74, 6) is -0.513. The molecule has 4 amide bonds. The third kappa shape index (κ3) is 7.44. The first-order valence-electron chi connectivity index (χ1n) is 13.8. The fraction of sp³-hybridized carbons (Fsp3) is 0.484. The van der Waals surface area contributed by atoms with E-state index in [1.54, 1.807) is 36.4 Å². The maximum absolute atomic E-state index is 12.1. The first-order valence-corrected chi connectivity index (χ1v) is 14.9. The van der Waals surface area contributed by atoms with Crippen LogP contribution in [-0.4, -0.2) is 50.9 Å². The number of imide groups is 2. The van der Waals surface area contributed by atoms with Gasteiger partial charge in [-0.2, -0.15) is 0 Å². The van der Waals surface area contributed by atoms with Crippen molar-refractivity contribution in [1.29, 1.82) is 0 Å². The van der Waals surface area contributed by atoms with Crippen LogP contribution in [0.15, 0.2) is 48.5 Å². The first kappa shape index (κ1) is 31.6. The van der Waals surface area contributed by atoms with Crippen LogP contribution in [0.3, 0.4) is 0 Å². The number of alkyl halides is 1. The summed E-state index contributed by atoms with van der Waals surface area (Å²) in [6, 6.07) is 13.1. The monoisotopic (exact) mass is 614 g/mol. The number of amides is 4. The molecule has 6 rings (SSSR count). The van der Waals surface area contributed by atoms with Gasteiger partial charge in [-0.1, -0.05) is 86.1 Å². The van der Waals surface area contributed by atoms with E-state index in [1.807, 2.05) is 0 Å². The number of rotatable bonds is 4. The maximum atomic E-state index is 12.1. The van der Waals surface area contributed by atoms with Crippen molar-refractivity contribution in [3.8, 4) is 0 Å². The van der Waals surface area contributed by atoms with E-state index in [9.17, 15) is 19.2 Å². The average molecular weight is 616 g/mol. The third-order valence-corrected chi connectivity index (χ3v) is 8.55. The van der Waals surface area contributed by atoms with Gasteiger partial charge in [-0.25, -0.2) is 0 Å². The van der Waals surface area contributed by atoms with Gasteiger partial charge in [0, 0.05) is 5.33 Å². The lowest BCUT2D eigenvalue weighted by atomic mass is 9.90. The number of hydrogen-bond acceptors (Lipinski definition) is 6. The Morgan fingerprint density at radius 1 is 0.650 bits per heavy atom. The van der Waals surface area contributed by atoms with Crippen molar-refractivity contribution in [3.05, 3.63) is 70.8 Å². The minimum Gasteiger partial charge on any atom is -0.278 e. The average Bonchev–Trinajstić information content (AvgIpc) is 3.37. The van der Waals surface area contributed by atoms with Crippen LogP contribution >= 0.6 is 15.9 Å². The van der Waals surface area contributed by atoms with Gasteiger partial charge in [0.15, 0.2) is 0 Å². The largest absolute Gasteiger partial charge is 0.285 e. The van der Waals surface area contributed by atoms with E-state index in [0.717, 1.165) is 23.8 Å². The van der Waals surface area contributed by atoms with Gasteiger partial charge >= 0.3 is 0 Å². The highest BCUT2D eigenvalue weighted by Gasteiger charge is 2.37. The Hall–Kier alpha value is -2.88. The number of nitrogens with zero attached hydrogens (tertiary/aromatic N) is 2. The van der Waals surface area contributed by atoms with Crippen LogP contribution < -0.4 is 0 Å². The lowest BCUT2D eigenvalue weighted by Crippen LogP contribution is -2.32. The Labute approximate surface area is 244 Å². The number of halogens is 1. The van der Waals surface area contributed by atoms with E-state index in [4.69, 9.17) is 10.0 Å². The summed E-state index contributed by atoms with van der Waals surface area (Å²) in [5.41, 5.74) is 1.39. The summed E-state index contributed by atoms with van der Waals surface area (Å²) >= 11 is 3.51. The molecule has 0 radical (unpaired) electrons. The number of carbonyl (C=O) groups excluding carboxylic acids is 4. The minimum atomic E-state index is -0.657. The van der Waals surface area contributed by atoms with Crippen molar-refractivity contribution in [2.45, 2.75) is 71.6 Å². The van der Waals surface area contributed by atoms with Crippen LogP contribution in [-0.2, 0) is 4.84 Å². The summed E-state index contributed by atoms with van der Waals surface area (Å²) < 4.78 is 0. The molecular weight excluding hydrogens is 576 g/mol. The number of fused-ring (bicyclic) bond motifs is 2. The number of hydroxylamine groups is 4. The Balaban J connectivity index is 0.000000180. The molecule has 2 aliphatic heterocycles. The molecule has 216 valence electrons. The van der Waals surface area contributed by atoms with Gasteiger partial charge in [0.2, 0.25) is 0 Å². The van der Waals surface area contributed by atoms with E-state index in [2.05, 4.69) is 15.9 Å². The lowest BCUT2D eigenvalue weighted by molar-refractivity contribution is -0.106. The lowest BCUT2D eigenvalue weighted by Gasteiger charge is -2.23. The van der Waals surface area contributed by atoms with E-state index in [0.29, 0.717) is 23.7 Å². The van der Waals surface area contributed by atoms with E-state index in [-0.39, 0.29) is 35.4 Å².